The molecule has 5 heteroatoms. The van der Waals surface area contributed by atoms with E-state index in [0.29, 0.717) is 26.1 Å². The molecule has 2 aromatic carbocycles. The molecule has 1 aliphatic rings. The third kappa shape index (κ3) is 5.29. The van der Waals surface area contributed by atoms with E-state index in [1.54, 1.807) is 12.1 Å². The van der Waals surface area contributed by atoms with Crippen LogP contribution < -0.4 is 4.74 Å². The molecule has 1 saturated heterocycles. The third-order valence-electron chi connectivity index (χ3n) is 4.39. The van der Waals surface area contributed by atoms with Crippen LogP contribution in [0.15, 0.2) is 54.6 Å². The van der Waals surface area contributed by atoms with Gasteiger partial charge in [0.2, 0.25) is 5.91 Å². The molecule has 2 aromatic rings. The van der Waals surface area contributed by atoms with Gasteiger partial charge in [0.1, 0.15) is 18.2 Å². The molecule has 0 aliphatic carbocycles. The van der Waals surface area contributed by atoms with Gasteiger partial charge in [-0.15, -0.1) is 0 Å². The second-order valence-electron chi connectivity index (χ2n) is 6.19. The molecule has 0 unspecified atom stereocenters. The number of nitrogens with zero attached hydrogens (tertiary/aromatic N) is 2. The second kappa shape index (κ2) is 8.62. The van der Waals surface area contributed by atoms with Crippen LogP contribution in [0.1, 0.15) is 12.0 Å². The molecule has 4 nitrogen and oxygen atoms in total. The Balaban J connectivity index is 1.47. The van der Waals surface area contributed by atoms with E-state index in [1.807, 2.05) is 35.2 Å². The Morgan fingerprint density at radius 2 is 1.72 bits per heavy atom. The summed E-state index contributed by atoms with van der Waals surface area (Å²) in [7, 11) is 0. The van der Waals surface area contributed by atoms with E-state index in [1.165, 1.54) is 12.1 Å². The van der Waals surface area contributed by atoms with E-state index in [9.17, 15) is 9.18 Å². The Morgan fingerprint density at radius 1 is 0.960 bits per heavy atom. The van der Waals surface area contributed by atoms with Gasteiger partial charge in [0, 0.05) is 39.1 Å². The average molecular weight is 342 g/mol. The number of rotatable bonds is 6. The van der Waals surface area contributed by atoms with Crippen LogP contribution in [0.3, 0.4) is 0 Å². The van der Waals surface area contributed by atoms with Gasteiger partial charge < -0.3 is 9.64 Å². The number of halogens is 1. The fraction of sp³-hybridized carbons (Fsp3) is 0.350. The monoisotopic (exact) mass is 342 g/mol. The zero-order valence-corrected chi connectivity index (χ0v) is 14.2. The lowest BCUT2D eigenvalue weighted by atomic mass is 10.2. The number of benzene rings is 2. The van der Waals surface area contributed by atoms with Gasteiger partial charge in [0.05, 0.1) is 0 Å². The molecule has 1 aliphatic heterocycles. The maximum absolute atomic E-state index is 13.0. The molecule has 132 valence electrons. The van der Waals surface area contributed by atoms with Crippen molar-refractivity contribution in [3.8, 4) is 5.75 Å². The molecule has 0 bridgehead atoms. The highest BCUT2D eigenvalue weighted by atomic mass is 19.1. The van der Waals surface area contributed by atoms with Crippen molar-refractivity contribution >= 4 is 5.91 Å². The van der Waals surface area contributed by atoms with Gasteiger partial charge in [0.25, 0.3) is 0 Å². The number of hydrogen-bond acceptors (Lipinski definition) is 3. The Labute approximate surface area is 147 Å². The molecule has 0 saturated carbocycles. The number of amides is 1. The Hall–Kier alpha value is -2.40. The third-order valence-corrected chi connectivity index (χ3v) is 4.39. The van der Waals surface area contributed by atoms with E-state index in [-0.39, 0.29) is 11.7 Å². The van der Waals surface area contributed by atoms with Gasteiger partial charge >= 0.3 is 0 Å². The van der Waals surface area contributed by atoms with Crippen LogP contribution in [0.5, 0.6) is 5.75 Å². The van der Waals surface area contributed by atoms with Crippen LogP contribution in [-0.4, -0.2) is 48.5 Å². The normalized spacial score (nSPS) is 15.9. The zero-order valence-electron chi connectivity index (χ0n) is 14.2. The van der Waals surface area contributed by atoms with Crippen molar-refractivity contribution in [2.75, 3.05) is 32.8 Å². The molecule has 3 rings (SSSR count). The van der Waals surface area contributed by atoms with E-state index < -0.39 is 0 Å². The largest absolute Gasteiger partial charge is 0.492 e. The lowest BCUT2D eigenvalue weighted by Gasteiger charge is -2.22. The van der Waals surface area contributed by atoms with Gasteiger partial charge in [-0.1, -0.05) is 30.3 Å². The summed E-state index contributed by atoms with van der Waals surface area (Å²) in [5.41, 5.74) is 0.954. The van der Waals surface area contributed by atoms with Crippen molar-refractivity contribution in [1.82, 2.24) is 9.80 Å². The first-order chi connectivity index (χ1) is 12.2. The van der Waals surface area contributed by atoms with Crippen molar-refractivity contribution in [3.05, 3.63) is 66.0 Å². The molecular weight excluding hydrogens is 319 g/mol. The summed E-state index contributed by atoms with van der Waals surface area (Å²) < 4.78 is 18.7. The summed E-state index contributed by atoms with van der Waals surface area (Å²) in [5.74, 6) is 0.762. The molecule has 0 aromatic heterocycles. The average Bonchev–Trinajstić information content (AvgIpc) is 2.80. The number of para-hydroxylation sites is 1. The lowest BCUT2D eigenvalue weighted by Crippen LogP contribution is -2.34. The highest BCUT2D eigenvalue weighted by molar-refractivity contribution is 5.76. The quantitative estimate of drug-likeness (QED) is 0.809. The maximum Gasteiger partial charge on any atom is 0.224 e. The first-order valence-corrected chi connectivity index (χ1v) is 8.63. The Morgan fingerprint density at radius 3 is 2.48 bits per heavy atom. The van der Waals surface area contributed by atoms with Crippen LogP contribution >= 0.6 is 0 Å². The zero-order chi connectivity index (χ0) is 17.5. The fourth-order valence-corrected chi connectivity index (χ4v) is 2.92. The first-order valence-electron chi connectivity index (χ1n) is 8.63. The van der Waals surface area contributed by atoms with E-state index in [2.05, 4.69) is 4.90 Å². The smallest absolute Gasteiger partial charge is 0.224 e. The predicted octanol–water partition coefficient (Wildman–Crippen LogP) is 2.94. The Bertz CT molecular complexity index is 676. The van der Waals surface area contributed by atoms with Gasteiger partial charge in [-0.25, -0.2) is 4.39 Å². The summed E-state index contributed by atoms with van der Waals surface area (Å²) in [5, 5.41) is 0. The maximum atomic E-state index is 13.0. The van der Waals surface area contributed by atoms with Crippen molar-refractivity contribution < 1.29 is 13.9 Å². The van der Waals surface area contributed by atoms with Gasteiger partial charge in [-0.2, -0.15) is 0 Å². The topological polar surface area (TPSA) is 32.8 Å². The van der Waals surface area contributed by atoms with E-state index in [0.717, 1.165) is 30.9 Å². The minimum Gasteiger partial charge on any atom is -0.492 e. The van der Waals surface area contributed by atoms with Gasteiger partial charge in [0.15, 0.2) is 0 Å². The van der Waals surface area contributed by atoms with Crippen LogP contribution in [0.25, 0.3) is 0 Å². The minimum atomic E-state index is -0.254. The van der Waals surface area contributed by atoms with Crippen LogP contribution in [0, 0.1) is 5.82 Å². The molecule has 0 spiro atoms. The lowest BCUT2D eigenvalue weighted by molar-refractivity contribution is -0.130. The summed E-state index contributed by atoms with van der Waals surface area (Å²) in [6.45, 7) is 4.19. The molecule has 0 atom stereocenters. The summed E-state index contributed by atoms with van der Waals surface area (Å²) >= 11 is 0. The van der Waals surface area contributed by atoms with Gasteiger partial charge in [-0.3, -0.25) is 9.69 Å². The van der Waals surface area contributed by atoms with Crippen LogP contribution in [-0.2, 0) is 11.3 Å². The minimum absolute atomic E-state index is 0.149. The first kappa shape index (κ1) is 17.4. The number of ether oxygens (including phenoxy) is 1. The number of carbonyl (C=O) groups is 1. The molecule has 1 amide bonds. The van der Waals surface area contributed by atoms with Crippen LogP contribution in [0.4, 0.5) is 4.39 Å². The van der Waals surface area contributed by atoms with Crippen molar-refractivity contribution in [2.45, 2.75) is 13.0 Å². The number of carbonyl (C=O) groups excluding carboxylic acids is 1. The molecule has 25 heavy (non-hydrogen) atoms. The van der Waals surface area contributed by atoms with Crippen LogP contribution in [0.2, 0.25) is 0 Å². The SMILES string of the molecule is O=C1CCN(CCOc2ccccc2)CCN1Cc1ccc(F)cc1. The van der Waals surface area contributed by atoms with E-state index in [4.69, 9.17) is 4.74 Å². The van der Waals surface area contributed by atoms with Crippen molar-refractivity contribution in [2.24, 2.45) is 0 Å². The fourth-order valence-electron chi connectivity index (χ4n) is 2.92. The molecule has 0 N–H and O–H groups in total. The highest BCUT2D eigenvalue weighted by Gasteiger charge is 2.20. The van der Waals surface area contributed by atoms with E-state index >= 15 is 0 Å². The standard InChI is InChI=1S/C20H23FN2O2/c21-18-8-6-17(7-9-18)16-23-13-12-22(11-10-20(23)24)14-15-25-19-4-2-1-3-5-19/h1-9H,10-16H2. The molecule has 0 radical (unpaired) electrons. The van der Waals surface area contributed by atoms with Gasteiger partial charge in [-0.05, 0) is 29.8 Å². The predicted molar refractivity (Wildman–Crippen MR) is 94.8 cm³/mol. The summed E-state index contributed by atoms with van der Waals surface area (Å²) in [4.78, 5) is 16.4. The Kier molecular flexibility index (Phi) is 6.01. The summed E-state index contributed by atoms with van der Waals surface area (Å²) in [6.07, 6.45) is 0.506. The molecule has 1 heterocycles. The number of hydrogen-bond donors (Lipinski definition) is 0. The highest BCUT2D eigenvalue weighted by Crippen LogP contribution is 2.12. The summed E-state index contributed by atoms with van der Waals surface area (Å²) in [6, 6.07) is 16.1. The van der Waals surface area contributed by atoms with Crippen molar-refractivity contribution in [1.29, 1.82) is 0 Å². The molecular formula is C20H23FN2O2. The second-order valence-corrected chi connectivity index (χ2v) is 6.19. The van der Waals surface area contributed by atoms with Crippen molar-refractivity contribution in [3.63, 3.8) is 0 Å². The molecule has 1 fully saturated rings.